The molecule has 0 aromatic heterocycles. The molecule has 0 saturated carbocycles. The first-order chi connectivity index (χ1) is 15.7. The van der Waals surface area contributed by atoms with E-state index in [1.807, 2.05) is 0 Å². The maximum atomic E-state index is 14.5. The number of halogens is 4. The molecule has 12 heteroatoms. The number of carbonyl (C=O) groups excluding carboxylic acids is 1. The number of benzene rings is 2. The molecule has 8 nitrogen and oxygen atoms in total. The van der Waals surface area contributed by atoms with Gasteiger partial charge in [0.2, 0.25) is 0 Å². The van der Waals surface area contributed by atoms with Gasteiger partial charge in [-0.2, -0.15) is 13.2 Å². The minimum absolute atomic E-state index is 0.0249. The van der Waals surface area contributed by atoms with Crippen molar-refractivity contribution >= 4 is 23.4 Å². The van der Waals surface area contributed by atoms with Crippen molar-refractivity contribution in [2.45, 2.75) is 31.9 Å². The van der Waals surface area contributed by atoms with E-state index in [9.17, 15) is 47.5 Å². The third-order valence-electron chi connectivity index (χ3n) is 6.21. The Morgan fingerprint density at radius 3 is 2.29 bits per heavy atom. The standard InChI is InChI=1S/C22H20F4N2O6/c1-21(19(29)30)9-15(13-2-3-14(18(23)8-13)10-22(24,25)26)11-28(12-21,20(31)32)17-6-4-16(5-7-17)27(33)34/h2-8,15H,9-12H2,1H3,(H-,29,30,31,32). The van der Waals surface area contributed by atoms with Crippen molar-refractivity contribution in [2.24, 2.45) is 5.41 Å². The van der Waals surface area contributed by atoms with Gasteiger partial charge in [-0.3, -0.25) is 14.9 Å². The number of nitro benzene ring substituents is 1. The normalized spacial score (nSPS) is 25.0. The number of alkyl halides is 3. The first-order valence-corrected chi connectivity index (χ1v) is 10.1. The largest absolute Gasteiger partial charge is 0.498 e. The van der Waals surface area contributed by atoms with Crippen LogP contribution in [0.2, 0.25) is 0 Å². The highest BCUT2D eigenvalue weighted by Gasteiger charge is 2.53. The third kappa shape index (κ3) is 4.86. The van der Waals surface area contributed by atoms with E-state index in [1.165, 1.54) is 25.1 Å². The Labute approximate surface area is 190 Å². The zero-order chi connectivity index (χ0) is 25.5. The number of carboxylic acids is 1. The first kappa shape index (κ1) is 25.1. The Kier molecular flexibility index (Phi) is 6.40. The van der Waals surface area contributed by atoms with E-state index in [0.717, 1.165) is 24.3 Å². The molecular weight excluding hydrogens is 464 g/mol. The molecule has 1 saturated heterocycles. The SMILES string of the molecule is CC1(C(=O)O)CC(c2ccc(CC(F)(F)F)c(F)c2)C[N+](C(=O)[O-])(c2ccc([N+](=O)[O-])cc2)C1. The van der Waals surface area contributed by atoms with Gasteiger partial charge in [-0.15, -0.1) is 0 Å². The molecule has 0 spiro atoms. The molecule has 1 amide bonds. The Hall–Kier alpha value is -3.54. The summed E-state index contributed by atoms with van der Waals surface area (Å²) in [5.41, 5.74) is -2.37. The maximum absolute atomic E-state index is 14.5. The lowest BCUT2D eigenvalue weighted by Gasteiger charge is -2.49. The molecular formula is C22H20F4N2O6. The number of non-ortho nitro benzene ring substituents is 1. The van der Waals surface area contributed by atoms with Crippen molar-refractivity contribution < 1.29 is 42.3 Å². The summed E-state index contributed by atoms with van der Waals surface area (Å²) in [6.45, 7) is 0.575. The fourth-order valence-electron chi connectivity index (χ4n) is 4.57. The van der Waals surface area contributed by atoms with Crippen LogP contribution in [0.15, 0.2) is 42.5 Å². The Morgan fingerprint density at radius 1 is 1.21 bits per heavy atom. The lowest BCUT2D eigenvalue weighted by molar-refractivity contribution is -0.384. The summed E-state index contributed by atoms with van der Waals surface area (Å²) in [6.07, 6.45) is -7.90. The highest BCUT2D eigenvalue weighted by molar-refractivity contribution is 5.83. The summed E-state index contributed by atoms with van der Waals surface area (Å²) >= 11 is 0. The molecule has 3 unspecified atom stereocenters. The fourth-order valence-corrected chi connectivity index (χ4v) is 4.57. The molecule has 0 aliphatic carbocycles. The number of hydrogen-bond acceptors (Lipinski definition) is 5. The second-order valence-electron chi connectivity index (χ2n) is 8.76. The Bertz CT molecular complexity index is 1140. The summed E-state index contributed by atoms with van der Waals surface area (Å²) in [6, 6.07) is 7.56. The molecule has 1 fully saturated rings. The molecule has 1 aliphatic rings. The van der Waals surface area contributed by atoms with Gasteiger partial charge in [0.25, 0.3) is 11.8 Å². The number of nitrogens with zero attached hydrogens (tertiary/aromatic N) is 2. The highest BCUT2D eigenvalue weighted by Crippen LogP contribution is 2.44. The van der Waals surface area contributed by atoms with Crippen LogP contribution in [0, 0.1) is 21.3 Å². The lowest BCUT2D eigenvalue weighted by Crippen LogP contribution is -2.68. The van der Waals surface area contributed by atoms with E-state index in [0.29, 0.717) is 0 Å². The van der Waals surface area contributed by atoms with E-state index in [-0.39, 0.29) is 29.9 Å². The van der Waals surface area contributed by atoms with Gasteiger partial charge in [0.05, 0.1) is 17.9 Å². The smallest absolute Gasteiger partial charge is 0.393 e. The van der Waals surface area contributed by atoms with Crippen molar-refractivity contribution in [2.75, 3.05) is 13.1 Å². The number of hydrogen-bond donors (Lipinski definition) is 1. The molecule has 3 atom stereocenters. The lowest BCUT2D eigenvalue weighted by atomic mass is 9.73. The van der Waals surface area contributed by atoms with Gasteiger partial charge in [0, 0.05) is 30.2 Å². The van der Waals surface area contributed by atoms with Gasteiger partial charge in [-0.1, -0.05) is 12.1 Å². The number of aliphatic carboxylic acids is 1. The van der Waals surface area contributed by atoms with E-state index < -0.39 is 63.3 Å². The van der Waals surface area contributed by atoms with Gasteiger partial charge in [-0.05, 0) is 30.5 Å². The summed E-state index contributed by atoms with van der Waals surface area (Å²) in [4.78, 5) is 34.8. The fraction of sp³-hybridized carbons (Fsp3) is 0.364. The molecule has 0 bridgehead atoms. The minimum Gasteiger partial charge on any atom is -0.498 e. The van der Waals surface area contributed by atoms with Crippen molar-refractivity contribution in [1.29, 1.82) is 0 Å². The van der Waals surface area contributed by atoms with Crippen molar-refractivity contribution in [3.05, 3.63) is 69.5 Å². The minimum atomic E-state index is -4.63. The van der Waals surface area contributed by atoms with Gasteiger partial charge in [0.15, 0.2) is 0 Å². The van der Waals surface area contributed by atoms with Gasteiger partial charge in [0.1, 0.15) is 23.5 Å². The molecule has 0 radical (unpaired) electrons. The average molecular weight is 484 g/mol. The third-order valence-corrected chi connectivity index (χ3v) is 6.21. The first-order valence-electron chi connectivity index (χ1n) is 10.1. The number of carbonyl (C=O) groups is 2. The number of nitro groups is 1. The number of rotatable bonds is 5. The van der Waals surface area contributed by atoms with Crippen LogP contribution in [0.25, 0.3) is 0 Å². The van der Waals surface area contributed by atoms with Crippen molar-refractivity contribution in [3.63, 3.8) is 0 Å². The number of carboxylic acid groups (broad SMARTS) is 2. The van der Waals surface area contributed by atoms with E-state index >= 15 is 0 Å². The second kappa shape index (κ2) is 8.67. The topological polar surface area (TPSA) is 121 Å². The quantitative estimate of drug-likeness (QED) is 0.299. The molecule has 1 N–H and O–H groups in total. The van der Waals surface area contributed by atoms with E-state index in [2.05, 4.69) is 0 Å². The second-order valence-corrected chi connectivity index (χ2v) is 8.76. The summed E-state index contributed by atoms with van der Waals surface area (Å²) < 4.78 is 51.5. The van der Waals surface area contributed by atoms with E-state index in [4.69, 9.17) is 0 Å². The van der Waals surface area contributed by atoms with Crippen LogP contribution >= 0.6 is 0 Å². The molecule has 3 rings (SSSR count). The Balaban J connectivity index is 2.09. The van der Waals surface area contributed by atoms with Gasteiger partial charge >= 0.3 is 12.1 Å². The maximum Gasteiger partial charge on any atom is 0.393 e. The van der Waals surface area contributed by atoms with E-state index in [1.54, 1.807) is 0 Å². The number of likely N-dealkylation sites (tertiary alicyclic amines) is 1. The number of amides is 1. The predicted molar refractivity (Wildman–Crippen MR) is 109 cm³/mol. The molecule has 34 heavy (non-hydrogen) atoms. The molecule has 2 aromatic rings. The van der Waals surface area contributed by atoms with Crippen molar-refractivity contribution in [3.8, 4) is 0 Å². The summed E-state index contributed by atoms with van der Waals surface area (Å²) in [5, 5.41) is 33.2. The van der Waals surface area contributed by atoms with Gasteiger partial charge < -0.3 is 15.0 Å². The van der Waals surface area contributed by atoms with Crippen LogP contribution < -0.4 is 9.59 Å². The molecule has 1 aliphatic heterocycles. The van der Waals surface area contributed by atoms with Crippen LogP contribution in [0.4, 0.5) is 33.7 Å². The van der Waals surface area contributed by atoms with Crippen LogP contribution in [-0.4, -0.2) is 41.4 Å². The molecule has 2 aromatic carbocycles. The highest BCUT2D eigenvalue weighted by atomic mass is 19.4. The van der Waals surface area contributed by atoms with Crippen LogP contribution in [0.1, 0.15) is 30.4 Å². The van der Waals surface area contributed by atoms with Crippen LogP contribution in [0.3, 0.4) is 0 Å². The molecule has 182 valence electrons. The van der Waals surface area contributed by atoms with Crippen LogP contribution in [0.5, 0.6) is 0 Å². The van der Waals surface area contributed by atoms with Crippen molar-refractivity contribution in [1.82, 2.24) is 4.48 Å². The monoisotopic (exact) mass is 484 g/mol. The molecule has 1 heterocycles. The zero-order valence-electron chi connectivity index (χ0n) is 17.8. The summed E-state index contributed by atoms with van der Waals surface area (Å²) in [7, 11) is 0. The number of piperidine rings is 1. The summed E-state index contributed by atoms with van der Waals surface area (Å²) in [5.74, 6) is -3.34. The Morgan fingerprint density at radius 2 is 1.82 bits per heavy atom. The van der Waals surface area contributed by atoms with Crippen LogP contribution in [-0.2, 0) is 11.2 Å². The predicted octanol–water partition coefficient (Wildman–Crippen LogP) is 3.77. The zero-order valence-corrected chi connectivity index (χ0v) is 17.8. The number of quaternary nitrogens is 1. The average Bonchev–Trinajstić information content (AvgIpc) is 2.73. The van der Waals surface area contributed by atoms with Gasteiger partial charge in [-0.25, -0.2) is 8.87 Å².